The monoisotopic (exact) mass is 521 g/mol. The van der Waals surface area contributed by atoms with Gasteiger partial charge in [0.2, 0.25) is 0 Å². The summed E-state index contributed by atoms with van der Waals surface area (Å²) in [6, 6.07) is 11.0. The number of hydrogen-bond donors (Lipinski definition) is 3. The Morgan fingerprint density at radius 2 is 1.83 bits per heavy atom. The van der Waals surface area contributed by atoms with E-state index in [4.69, 9.17) is 0 Å². The minimum atomic E-state index is -4.34. The van der Waals surface area contributed by atoms with Crippen molar-refractivity contribution < 1.29 is 13.2 Å². The number of anilines is 1. The molecule has 0 aliphatic heterocycles. The van der Waals surface area contributed by atoms with Gasteiger partial charge in [0, 0.05) is 25.8 Å². The van der Waals surface area contributed by atoms with Crippen LogP contribution in [0.25, 0.3) is 0 Å². The second kappa shape index (κ2) is 13.2. The van der Waals surface area contributed by atoms with E-state index < -0.39 is 11.7 Å². The first-order valence-corrected chi connectivity index (χ1v) is 9.32. The van der Waals surface area contributed by atoms with Crippen molar-refractivity contribution >= 4 is 35.8 Å². The summed E-state index contributed by atoms with van der Waals surface area (Å²) in [5.41, 5.74) is -0.134. The molecule has 0 bridgehead atoms. The average molecular weight is 521 g/mol. The van der Waals surface area contributed by atoms with Gasteiger partial charge in [-0.25, -0.2) is 9.98 Å². The van der Waals surface area contributed by atoms with Crippen LogP contribution in [0.3, 0.4) is 0 Å². The van der Waals surface area contributed by atoms with Crippen LogP contribution in [-0.4, -0.2) is 30.6 Å². The number of halogens is 4. The Morgan fingerprint density at radius 3 is 2.52 bits per heavy atom. The Hall–Kier alpha value is -2.04. The van der Waals surface area contributed by atoms with Gasteiger partial charge in [0.05, 0.1) is 12.1 Å². The number of aliphatic imine (C=N–C) groups is 1. The number of rotatable bonds is 9. The van der Waals surface area contributed by atoms with Gasteiger partial charge in [-0.15, -0.1) is 24.0 Å². The molecule has 0 atom stereocenters. The lowest BCUT2D eigenvalue weighted by atomic mass is 10.1. The summed E-state index contributed by atoms with van der Waals surface area (Å²) < 4.78 is 38.4. The predicted molar refractivity (Wildman–Crippen MR) is 122 cm³/mol. The Bertz CT molecular complexity index is 738. The van der Waals surface area contributed by atoms with Gasteiger partial charge in [-0.3, -0.25) is 0 Å². The Labute approximate surface area is 186 Å². The fourth-order valence-corrected chi connectivity index (χ4v) is 2.50. The molecule has 0 spiro atoms. The molecule has 2 aromatic rings. The summed E-state index contributed by atoms with van der Waals surface area (Å²) in [4.78, 5) is 8.57. The molecule has 0 aliphatic rings. The average Bonchev–Trinajstić information content (AvgIpc) is 2.69. The second-order valence-electron chi connectivity index (χ2n) is 6.17. The lowest BCUT2D eigenvalue weighted by Gasteiger charge is -2.12. The van der Waals surface area contributed by atoms with Gasteiger partial charge >= 0.3 is 6.18 Å². The number of hydrogen-bond acceptors (Lipinski definition) is 3. The Kier molecular flexibility index (Phi) is 11.4. The van der Waals surface area contributed by atoms with Crippen LogP contribution >= 0.6 is 24.0 Å². The van der Waals surface area contributed by atoms with Gasteiger partial charge in [0.25, 0.3) is 0 Å². The maximum Gasteiger partial charge on any atom is 0.416 e. The second-order valence-corrected chi connectivity index (χ2v) is 6.17. The van der Waals surface area contributed by atoms with Crippen LogP contribution in [0.4, 0.5) is 19.0 Å². The minimum Gasteiger partial charge on any atom is -0.370 e. The molecule has 29 heavy (non-hydrogen) atoms. The Morgan fingerprint density at radius 1 is 1.03 bits per heavy atom. The zero-order valence-electron chi connectivity index (χ0n) is 16.3. The summed E-state index contributed by atoms with van der Waals surface area (Å²) in [6.07, 6.45) is -0.719. The van der Waals surface area contributed by atoms with E-state index in [1.807, 2.05) is 25.1 Å². The molecule has 9 heteroatoms. The van der Waals surface area contributed by atoms with Crippen molar-refractivity contribution in [3.63, 3.8) is 0 Å². The van der Waals surface area contributed by atoms with Gasteiger partial charge in [-0.2, -0.15) is 13.2 Å². The molecule has 1 aromatic heterocycles. The molecule has 160 valence electrons. The molecule has 0 fully saturated rings. The SMILES string of the molecule is CCNC(=NCc1cccc(C(F)(F)F)c1)NCCCCNc1ccccn1.I. The number of guanidine groups is 1. The first kappa shape index (κ1) is 25.0. The van der Waals surface area contributed by atoms with Gasteiger partial charge < -0.3 is 16.0 Å². The number of aromatic nitrogens is 1. The van der Waals surface area contributed by atoms with Crippen molar-refractivity contribution in [3.05, 3.63) is 59.8 Å². The topological polar surface area (TPSA) is 61.3 Å². The standard InChI is InChI=1S/C20H26F3N5.HI/c1-2-24-19(27-13-6-5-12-26-18-10-3-4-11-25-18)28-15-16-8-7-9-17(14-16)20(21,22)23;/h3-4,7-11,14H,2,5-6,12-13,15H2,1H3,(H,25,26)(H2,24,27,28);1H. The lowest BCUT2D eigenvalue weighted by Crippen LogP contribution is -2.37. The van der Waals surface area contributed by atoms with Crippen LogP contribution in [0.5, 0.6) is 0 Å². The summed E-state index contributed by atoms with van der Waals surface area (Å²) >= 11 is 0. The summed E-state index contributed by atoms with van der Waals surface area (Å²) in [5, 5.41) is 9.56. The molecule has 1 heterocycles. The number of pyridine rings is 1. The molecular formula is C20H27F3IN5. The van der Waals surface area contributed by atoms with Crippen molar-refractivity contribution in [3.8, 4) is 0 Å². The van der Waals surface area contributed by atoms with E-state index in [1.54, 1.807) is 12.3 Å². The largest absolute Gasteiger partial charge is 0.416 e. The van der Waals surface area contributed by atoms with Gasteiger partial charge in [-0.1, -0.05) is 18.2 Å². The van der Waals surface area contributed by atoms with Crippen LogP contribution in [0.1, 0.15) is 30.9 Å². The van der Waals surface area contributed by atoms with E-state index in [0.29, 0.717) is 18.1 Å². The smallest absolute Gasteiger partial charge is 0.370 e. The van der Waals surface area contributed by atoms with E-state index >= 15 is 0 Å². The van der Waals surface area contributed by atoms with Crippen molar-refractivity contribution in [2.45, 2.75) is 32.5 Å². The molecule has 0 amide bonds. The molecule has 3 N–H and O–H groups in total. The van der Waals surface area contributed by atoms with Crippen LogP contribution in [0.2, 0.25) is 0 Å². The van der Waals surface area contributed by atoms with Gasteiger partial charge in [-0.05, 0) is 49.6 Å². The number of nitrogens with zero attached hydrogens (tertiary/aromatic N) is 2. The molecular weight excluding hydrogens is 494 g/mol. The highest BCUT2D eigenvalue weighted by molar-refractivity contribution is 14.0. The van der Waals surface area contributed by atoms with E-state index in [2.05, 4.69) is 25.9 Å². The lowest BCUT2D eigenvalue weighted by molar-refractivity contribution is -0.137. The third-order valence-corrected chi connectivity index (χ3v) is 3.89. The highest BCUT2D eigenvalue weighted by Gasteiger charge is 2.30. The molecule has 2 rings (SSSR count). The first-order valence-electron chi connectivity index (χ1n) is 9.32. The van der Waals surface area contributed by atoms with Crippen molar-refractivity contribution in [2.75, 3.05) is 25.0 Å². The number of alkyl halides is 3. The first-order chi connectivity index (χ1) is 13.5. The van der Waals surface area contributed by atoms with E-state index in [0.717, 1.165) is 43.9 Å². The third-order valence-electron chi connectivity index (χ3n) is 3.89. The molecule has 0 radical (unpaired) electrons. The van der Waals surface area contributed by atoms with E-state index in [9.17, 15) is 13.2 Å². The minimum absolute atomic E-state index is 0. The fraction of sp³-hybridized carbons (Fsp3) is 0.400. The number of nitrogens with one attached hydrogen (secondary N) is 3. The maximum absolute atomic E-state index is 12.8. The predicted octanol–water partition coefficient (Wildman–Crippen LogP) is 4.67. The maximum atomic E-state index is 12.8. The van der Waals surface area contributed by atoms with Crippen molar-refractivity contribution in [1.29, 1.82) is 0 Å². The van der Waals surface area contributed by atoms with Crippen molar-refractivity contribution in [2.24, 2.45) is 4.99 Å². The zero-order chi connectivity index (χ0) is 20.2. The fourth-order valence-electron chi connectivity index (χ4n) is 2.50. The highest BCUT2D eigenvalue weighted by Crippen LogP contribution is 2.29. The van der Waals surface area contributed by atoms with E-state index in [1.165, 1.54) is 6.07 Å². The van der Waals surface area contributed by atoms with Gasteiger partial charge in [0.1, 0.15) is 5.82 Å². The van der Waals surface area contributed by atoms with Crippen LogP contribution in [-0.2, 0) is 12.7 Å². The quantitative estimate of drug-likeness (QED) is 0.195. The third kappa shape index (κ3) is 9.82. The van der Waals surface area contributed by atoms with Crippen LogP contribution < -0.4 is 16.0 Å². The normalized spacial score (nSPS) is 11.5. The molecule has 0 saturated heterocycles. The summed E-state index contributed by atoms with van der Waals surface area (Å²) in [6.45, 7) is 4.34. The van der Waals surface area contributed by atoms with Gasteiger partial charge in [0.15, 0.2) is 5.96 Å². The molecule has 0 unspecified atom stereocenters. The number of benzene rings is 1. The number of unbranched alkanes of at least 4 members (excludes halogenated alkanes) is 1. The summed E-state index contributed by atoms with van der Waals surface area (Å²) in [7, 11) is 0. The summed E-state index contributed by atoms with van der Waals surface area (Å²) in [5.74, 6) is 1.45. The Balaban J connectivity index is 0.00000420. The van der Waals surface area contributed by atoms with Crippen LogP contribution in [0.15, 0.2) is 53.7 Å². The van der Waals surface area contributed by atoms with E-state index in [-0.39, 0.29) is 30.5 Å². The molecule has 0 aliphatic carbocycles. The highest BCUT2D eigenvalue weighted by atomic mass is 127. The molecule has 1 aromatic carbocycles. The van der Waals surface area contributed by atoms with Crippen LogP contribution in [0, 0.1) is 0 Å². The van der Waals surface area contributed by atoms with Crippen molar-refractivity contribution in [1.82, 2.24) is 15.6 Å². The zero-order valence-corrected chi connectivity index (χ0v) is 18.6. The molecule has 0 saturated carbocycles. The molecule has 5 nitrogen and oxygen atoms in total.